The molecule has 2 rings (SSSR count). The van der Waals surface area contributed by atoms with Gasteiger partial charge in [0.05, 0.1) is 22.7 Å². The summed E-state index contributed by atoms with van der Waals surface area (Å²) in [6, 6.07) is 2.46. The summed E-state index contributed by atoms with van der Waals surface area (Å²) < 4.78 is 26.6. The number of aromatic nitrogens is 2. The van der Waals surface area contributed by atoms with Gasteiger partial charge in [-0.2, -0.15) is 9.49 Å². The molecule has 0 spiro atoms. The first-order valence-electron chi connectivity index (χ1n) is 5.39. The monoisotopic (exact) mass is 282 g/mol. The second-order valence-corrected chi connectivity index (χ2v) is 3.81. The molecule has 20 heavy (non-hydrogen) atoms. The smallest absolute Gasteiger partial charge is 0.305 e. The average molecular weight is 282 g/mol. The lowest BCUT2D eigenvalue weighted by Gasteiger charge is -2.05. The molecule has 1 aromatic carbocycles. The largest absolute Gasteiger partial charge is 0.346 e. The number of hydrogen-bond acceptors (Lipinski definition) is 4. The van der Waals surface area contributed by atoms with Crippen LogP contribution in [0, 0.1) is 21.7 Å². The molecule has 9 heteroatoms. The summed E-state index contributed by atoms with van der Waals surface area (Å²) in [5.74, 6) is -3.40. The minimum absolute atomic E-state index is 0.0312. The Morgan fingerprint density at radius 2 is 2.15 bits per heavy atom. The van der Waals surface area contributed by atoms with E-state index < -0.39 is 33.7 Å². The van der Waals surface area contributed by atoms with Gasteiger partial charge in [0.2, 0.25) is 5.82 Å². The average Bonchev–Trinajstić information content (AvgIpc) is 2.88. The van der Waals surface area contributed by atoms with Crippen molar-refractivity contribution in [1.29, 1.82) is 0 Å². The van der Waals surface area contributed by atoms with E-state index in [0.29, 0.717) is 17.8 Å². The summed E-state index contributed by atoms with van der Waals surface area (Å²) in [5, 5.41) is 19.1. The predicted octanol–water partition coefficient (Wildman–Crippen LogP) is 1.53. The number of H-pyrrole nitrogens is 1. The first-order chi connectivity index (χ1) is 9.49. The quantitative estimate of drug-likeness (QED) is 0.655. The van der Waals surface area contributed by atoms with Gasteiger partial charge in [0.15, 0.2) is 0 Å². The SMILES string of the molecule is O=C(NCc1ccn[nH]1)c1cc([N+](=O)[O-])c(F)cc1F. The van der Waals surface area contributed by atoms with Crippen LogP contribution in [0.2, 0.25) is 0 Å². The number of nitro groups is 1. The van der Waals surface area contributed by atoms with Crippen molar-refractivity contribution >= 4 is 11.6 Å². The molecule has 2 N–H and O–H groups in total. The van der Waals surface area contributed by atoms with Gasteiger partial charge in [-0.15, -0.1) is 0 Å². The highest BCUT2D eigenvalue weighted by molar-refractivity contribution is 5.95. The Morgan fingerprint density at radius 1 is 1.40 bits per heavy atom. The first kappa shape index (κ1) is 13.6. The van der Waals surface area contributed by atoms with Crippen molar-refractivity contribution in [3.8, 4) is 0 Å². The molecular weight excluding hydrogens is 274 g/mol. The summed E-state index contributed by atoms with van der Waals surface area (Å²) in [6.07, 6.45) is 1.46. The number of halogens is 2. The molecule has 0 bridgehead atoms. The lowest BCUT2D eigenvalue weighted by molar-refractivity contribution is -0.387. The van der Waals surface area contributed by atoms with Gasteiger partial charge >= 0.3 is 5.69 Å². The second kappa shape index (κ2) is 5.43. The highest BCUT2D eigenvalue weighted by Crippen LogP contribution is 2.21. The summed E-state index contributed by atoms with van der Waals surface area (Å²) in [4.78, 5) is 21.2. The van der Waals surface area contributed by atoms with Crippen LogP contribution in [-0.2, 0) is 6.54 Å². The Balaban J connectivity index is 2.21. The fourth-order valence-corrected chi connectivity index (χ4v) is 1.51. The second-order valence-electron chi connectivity index (χ2n) is 3.81. The van der Waals surface area contributed by atoms with E-state index >= 15 is 0 Å². The van der Waals surface area contributed by atoms with Gasteiger partial charge in [0.1, 0.15) is 5.82 Å². The minimum atomic E-state index is -1.34. The summed E-state index contributed by atoms with van der Waals surface area (Å²) in [5.41, 5.74) is -0.994. The molecule has 0 fully saturated rings. The van der Waals surface area contributed by atoms with Crippen LogP contribution in [0.1, 0.15) is 16.1 Å². The Morgan fingerprint density at radius 3 is 2.75 bits per heavy atom. The fraction of sp³-hybridized carbons (Fsp3) is 0.0909. The molecule has 1 amide bonds. The molecule has 1 aromatic heterocycles. The summed E-state index contributed by atoms with van der Waals surface area (Å²) in [6.45, 7) is 0.0312. The molecular formula is C11H8F2N4O3. The van der Waals surface area contributed by atoms with Gasteiger partial charge in [0.25, 0.3) is 5.91 Å². The van der Waals surface area contributed by atoms with Gasteiger partial charge in [-0.05, 0) is 6.07 Å². The van der Waals surface area contributed by atoms with Crippen LogP contribution in [0.15, 0.2) is 24.4 Å². The number of hydrogen-bond donors (Lipinski definition) is 2. The Hall–Kier alpha value is -2.84. The van der Waals surface area contributed by atoms with Crippen LogP contribution in [-0.4, -0.2) is 21.0 Å². The molecule has 2 aromatic rings. The van der Waals surface area contributed by atoms with Gasteiger partial charge in [-0.1, -0.05) is 0 Å². The number of carbonyl (C=O) groups is 1. The maximum atomic E-state index is 13.5. The number of rotatable bonds is 4. The van der Waals surface area contributed by atoms with Crippen LogP contribution >= 0.6 is 0 Å². The third-order valence-electron chi connectivity index (χ3n) is 2.48. The van der Waals surface area contributed by atoms with Crippen LogP contribution in [0.3, 0.4) is 0 Å². The van der Waals surface area contributed by atoms with E-state index in [9.17, 15) is 23.7 Å². The Bertz CT molecular complexity index is 658. The maximum Gasteiger partial charge on any atom is 0.305 e. The maximum absolute atomic E-state index is 13.5. The molecule has 0 aliphatic carbocycles. The number of amides is 1. The van der Waals surface area contributed by atoms with E-state index in [0.717, 1.165) is 0 Å². The zero-order valence-corrected chi connectivity index (χ0v) is 9.89. The molecule has 0 atom stereocenters. The van der Waals surface area contributed by atoms with Crippen molar-refractivity contribution in [2.24, 2.45) is 0 Å². The number of nitrogens with zero attached hydrogens (tertiary/aromatic N) is 2. The van der Waals surface area contributed by atoms with E-state index in [1.807, 2.05) is 0 Å². The number of aromatic amines is 1. The van der Waals surface area contributed by atoms with Crippen molar-refractivity contribution < 1.29 is 18.5 Å². The van der Waals surface area contributed by atoms with Crippen molar-refractivity contribution in [3.05, 3.63) is 57.4 Å². The zero-order chi connectivity index (χ0) is 14.7. The van der Waals surface area contributed by atoms with Gasteiger partial charge in [0, 0.05) is 18.3 Å². The fourth-order valence-electron chi connectivity index (χ4n) is 1.51. The van der Waals surface area contributed by atoms with E-state index in [-0.39, 0.29) is 6.54 Å². The molecule has 0 aliphatic heterocycles. The molecule has 0 unspecified atom stereocenters. The molecule has 0 saturated heterocycles. The third kappa shape index (κ3) is 2.76. The molecule has 0 saturated carbocycles. The van der Waals surface area contributed by atoms with Crippen molar-refractivity contribution in [2.45, 2.75) is 6.54 Å². The van der Waals surface area contributed by atoms with Crippen molar-refractivity contribution in [1.82, 2.24) is 15.5 Å². The Kier molecular flexibility index (Phi) is 3.69. The van der Waals surface area contributed by atoms with Crippen LogP contribution < -0.4 is 5.32 Å². The van der Waals surface area contributed by atoms with Gasteiger partial charge in [-0.25, -0.2) is 4.39 Å². The predicted molar refractivity (Wildman–Crippen MR) is 62.8 cm³/mol. The third-order valence-corrected chi connectivity index (χ3v) is 2.48. The number of carbonyl (C=O) groups excluding carboxylic acids is 1. The van der Waals surface area contributed by atoms with Crippen molar-refractivity contribution in [2.75, 3.05) is 0 Å². The van der Waals surface area contributed by atoms with E-state index in [1.165, 1.54) is 6.20 Å². The zero-order valence-electron chi connectivity index (χ0n) is 9.89. The topological polar surface area (TPSA) is 101 Å². The van der Waals surface area contributed by atoms with E-state index in [1.54, 1.807) is 6.07 Å². The van der Waals surface area contributed by atoms with Gasteiger partial charge < -0.3 is 5.32 Å². The number of nitrogens with one attached hydrogen (secondary N) is 2. The van der Waals surface area contributed by atoms with Crippen LogP contribution in [0.25, 0.3) is 0 Å². The summed E-state index contributed by atoms with van der Waals surface area (Å²) in [7, 11) is 0. The first-order valence-corrected chi connectivity index (χ1v) is 5.39. The lowest BCUT2D eigenvalue weighted by Crippen LogP contribution is -2.24. The van der Waals surface area contributed by atoms with Crippen molar-refractivity contribution in [3.63, 3.8) is 0 Å². The van der Waals surface area contributed by atoms with E-state index in [4.69, 9.17) is 0 Å². The normalized spacial score (nSPS) is 10.3. The summed E-state index contributed by atoms with van der Waals surface area (Å²) >= 11 is 0. The highest BCUT2D eigenvalue weighted by Gasteiger charge is 2.22. The highest BCUT2D eigenvalue weighted by atomic mass is 19.1. The molecule has 7 nitrogen and oxygen atoms in total. The van der Waals surface area contributed by atoms with Crippen LogP contribution in [0.5, 0.6) is 0 Å². The lowest BCUT2D eigenvalue weighted by atomic mass is 10.1. The van der Waals surface area contributed by atoms with Gasteiger partial charge in [-0.3, -0.25) is 20.0 Å². The molecule has 0 aliphatic rings. The Labute approximate surface area is 110 Å². The number of nitro benzene ring substituents is 1. The standard InChI is InChI=1S/C11H8F2N4O3/c12-8-4-9(13)10(17(19)20)3-7(8)11(18)14-5-6-1-2-15-16-6/h1-4H,5H2,(H,14,18)(H,15,16). The molecule has 1 heterocycles. The number of benzene rings is 1. The molecule has 0 radical (unpaired) electrons. The van der Waals surface area contributed by atoms with E-state index in [2.05, 4.69) is 15.5 Å². The minimum Gasteiger partial charge on any atom is -0.346 e. The van der Waals surface area contributed by atoms with Crippen LogP contribution in [0.4, 0.5) is 14.5 Å². The molecule has 104 valence electrons.